The van der Waals surface area contributed by atoms with Crippen LogP contribution in [0.2, 0.25) is 0 Å². The van der Waals surface area contributed by atoms with Crippen molar-refractivity contribution in [1.82, 2.24) is 19.6 Å². The Labute approximate surface area is 470 Å². The highest BCUT2D eigenvalue weighted by Crippen LogP contribution is 2.23. The Morgan fingerprint density at radius 2 is 0.671 bits per heavy atom. The minimum absolute atomic E-state index is 0.590. The third-order valence-corrected chi connectivity index (χ3v) is 18.4. The van der Waals surface area contributed by atoms with Gasteiger partial charge >= 0.3 is 0 Å². The van der Waals surface area contributed by atoms with Gasteiger partial charge in [-0.1, -0.05) is 271 Å². The van der Waals surface area contributed by atoms with E-state index in [2.05, 4.69) is 103 Å². The molecule has 0 aromatic carbocycles. The molecule has 1 rings (SSSR count). The quantitative estimate of drug-likeness (QED) is 0.0442. The van der Waals surface area contributed by atoms with Crippen LogP contribution in [0, 0.1) is 5.92 Å². The predicted octanol–water partition coefficient (Wildman–Crippen LogP) is 20.5. The van der Waals surface area contributed by atoms with E-state index < -0.39 is 0 Å². The number of rotatable bonds is 60. The van der Waals surface area contributed by atoms with Crippen LogP contribution in [0.1, 0.15) is 298 Å². The molecule has 0 aromatic heterocycles. The molecule has 0 amide bonds. The molecule has 1 heterocycles. The highest BCUT2D eigenvalue weighted by molar-refractivity contribution is 7.99. The minimum Gasteiger partial charge on any atom is -0.303 e. The van der Waals surface area contributed by atoms with Crippen molar-refractivity contribution < 1.29 is 0 Å². The van der Waals surface area contributed by atoms with Gasteiger partial charge in [0.15, 0.2) is 0 Å². The molecule has 0 aromatic rings. The zero-order valence-corrected chi connectivity index (χ0v) is 52.4. The van der Waals surface area contributed by atoms with Crippen LogP contribution in [0.15, 0.2) is 25.3 Å². The van der Waals surface area contributed by atoms with Crippen molar-refractivity contribution in [2.75, 3.05) is 88.5 Å². The smallest absolute Gasteiger partial charge is 0.0258 e. The Balaban J connectivity index is 2.60. The monoisotopic (exact) mass is 1060 g/mol. The molecule has 0 saturated carbocycles. The first-order valence-electron chi connectivity index (χ1n) is 33.3. The molecule has 0 radical (unpaired) electrons. The van der Waals surface area contributed by atoms with E-state index in [4.69, 9.17) is 0 Å². The molecular weight excluding hydrogens is 925 g/mol. The fourth-order valence-electron chi connectivity index (χ4n) is 11.7. The van der Waals surface area contributed by atoms with E-state index >= 15 is 0 Å². The third-order valence-electron chi connectivity index (χ3n) is 16.6. The van der Waals surface area contributed by atoms with Gasteiger partial charge in [-0.3, -0.25) is 9.80 Å². The Morgan fingerprint density at radius 3 is 1.00 bits per heavy atom. The molecule has 434 valence electrons. The molecule has 4 nitrogen and oxygen atoms in total. The van der Waals surface area contributed by atoms with Crippen LogP contribution in [0.3, 0.4) is 0 Å². The van der Waals surface area contributed by atoms with Gasteiger partial charge in [-0.25, -0.2) is 0 Å². The number of nitrogens with zero attached hydrogens (tertiary/aromatic N) is 4. The van der Waals surface area contributed by atoms with E-state index in [1.807, 2.05) is 0 Å². The first-order chi connectivity index (χ1) is 36.0. The lowest BCUT2D eigenvalue weighted by Crippen LogP contribution is -2.58. The van der Waals surface area contributed by atoms with Crippen LogP contribution in [-0.4, -0.2) is 120 Å². The number of hydrogen-bond acceptors (Lipinski definition) is 6. The molecule has 6 heteroatoms. The van der Waals surface area contributed by atoms with Crippen LogP contribution in [0.4, 0.5) is 0 Å². The Morgan fingerprint density at radius 1 is 0.384 bits per heavy atom. The number of hydrogen-bond donors (Lipinski definition) is 0. The number of piperazine rings is 1. The predicted molar refractivity (Wildman–Crippen MR) is 340 cm³/mol. The first kappa shape index (κ1) is 71.0. The second-order valence-electron chi connectivity index (χ2n) is 23.6. The van der Waals surface area contributed by atoms with E-state index in [0.29, 0.717) is 12.1 Å². The second-order valence-corrected chi connectivity index (χ2v) is 26.1. The molecule has 1 aliphatic heterocycles. The summed E-state index contributed by atoms with van der Waals surface area (Å²) in [6.07, 6.45) is 62.3. The summed E-state index contributed by atoms with van der Waals surface area (Å²) >= 11 is 4.45. The summed E-state index contributed by atoms with van der Waals surface area (Å²) < 4.78 is 0. The molecule has 1 fully saturated rings. The summed E-state index contributed by atoms with van der Waals surface area (Å²) in [5, 5.41) is 0. The van der Waals surface area contributed by atoms with Crippen LogP contribution in [0.5, 0.6) is 0 Å². The molecule has 1 aliphatic rings. The van der Waals surface area contributed by atoms with Gasteiger partial charge in [0.2, 0.25) is 0 Å². The summed E-state index contributed by atoms with van der Waals surface area (Å²) in [6.45, 7) is 32.9. The third kappa shape index (κ3) is 45.6. The molecule has 1 saturated heterocycles. The van der Waals surface area contributed by atoms with Gasteiger partial charge in [0.05, 0.1) is 0 Å². The van der Waals surface area contributed by atoms with Crippen molar-refractivity contribution in [1.29, 1.82) is 0 Å². The van der Waals surface area contributed by atoms with Gasteiger partial charge in [-0.15, -0.1) is 13.2 Å². The lowest BCUT2D eigenvalue weighted by atomic mass is 10.0. The highest BCUT2D eigenvalue weighted by Gasteiger charge is 2.32. The van der Waals surface area contributed by atoms with Gasteiger partial charge < -0.3 is 9.80 Å². The van der Waals surface area contributed by atoms with Crippen LogP contribution >= 0.6 is 23.5 Å². The fraction of sp³-hybridized carbons (Fsp3) is 0.940. The van der Waals surface area contributed by atoms with Crippen molar-refractivity contribution in [3.05, 3.63) is 25.3 Å². The van der Waals surface area contributed by atoms with Crippen molar-refractivity contribution in [3.63, 3.8) is 0 Å². The van der Waals surface area contributed by atoms with Gasteiger partial charge in [-0.05, 0) is 64.1 Å². The van der Waals surface area contributed by atoms with Crippen molar-refractivity contribution in [2.24, 2.45) is 5.92 Å². The van der Waals surface area contributed by atoms with E-state index in [-0.39, 0.29) is 0 Å². The summed E-state index contributed by atoms with van der Waals surface area (Å²) in [6, 6.07) is 1.18. The van der Waals surface area contributed by atoms with Gasteiger partial charge in [0, 0.05) is 80.9 Å². The molecule has 0 N–H and O–H groups in total. The standard InChI is InChI=1S/C67H134N4S2/c1-8-14-18-22-26-30-33-37-41-45-51-68(52-46-42-38-34-31-27-23-19-15-9-2)54-58-72-60-56-70-63-67(49-13-6)71(64-66(70)48-12-5)57-61-73-59-55-69(53-47-43-39-35-32-28-24-20-16-10-3)62-65(7)50-44-40-36-29-25-21-17-11-4/h12-13,65-67H,5-6,8-11,14-64H2,1-4,7H3. The van der Waals surface area contributed by atoms with E-state index in [1.165, 1.54) is 339 Å². The molecule has 73 heavy (non-hydrogen) atoms. The van der Waals surface area contributed by atoms with E-state index in [0.717, 1.165) is 18.8 Å². The molecule has 3 atom stereocenters. The average Bonchev–Trinajstić information content (AvgIpc) is 3.39. The van der Waals surface area contributed by atoms with Crippen molar-refractivity contribution >= 4 is 23.5 Å². The van der Waals surface area contributed by atoms with Crippen LogP contribution in [0.25, 0.3) is 0 Å². The zero-order valence-electron chi connectivity index (χ0n) is 50.8. The highest BCUT2D eigenvalue weighted by atomic mass is 32.2. The SMILES string of the molecule is C=CCC1CN(CCSCCN(CCCCCCCCCCCC)CC(C)CCCCCCCCCC)C(CC=C)CN1CCSCCN(CCCCCCCCCCCC)CCCCCCCCCCCC. The van der Waals surface area contributed by atoms with Gasteiger partial charge in [-0.2, -0.15) is 23.5 Å². The van der Waals surface area contributed by atoms with E-state index in [1.54, 1.807) is 0 Å². The van der Waals surface area contributed by atoms with Crippen molar-refractivity contribution in [3.8, 4) is 0 Å². The summed E-state index contributed by atoms with van der Waals surface area (Å²) in [7, 11) is 0. The summed E-state index contributed by atoms with van der Waals surface area (Å²) in [4.78, 5) is 11.4. The van der Waals surface area contributed by atoms with Gasteiger partial charge in [0.25, 0.3) is 0 Å². The number of unbranched alkanes of at least 4 members (excludes halogenated alkanes) is 34. The molecule has 0 aliphatic carbocycles. The lowest BCUT2D eigenvalue weighted by Gasteiger charge is -2.46. The van der Waals surface area contributed by atoms with Crippen LogP contribution < -0.4 is 0 Å². The van der Waals surface area contributed by atoms with E-state index in [9.17, 15) is 0 Å². The molecule has 3 unspecified atom stereocenters. The molecular formula is C67H134N4S2. The number of thioether (sulfide) groups is 2. The summed E-state index contributed by atoms with van der Waals surface area (Å²) in [5.41, 5.74) is 0. The molecule has 0 bridgehead atoms. The Kier molecular flexibility index (Phi) is 55.2. The second kappa shape index (κ2) is 56.7. The maximum atomic E-state index is 4.25. The maximum Gasteiger partial charge on any atom is 0.0258 e. The lowest BCUT2D eigenvalue weighted by molar-refractivity contribution is 0.0383. The normalized spacial score (nSPS) is 16.1. The first-order valence-corrected chi connectivity index (χ1v) is 35.6. The maximum absolute atomic E-state index is 4.25. The van der Waals surface area contributed by atoms with Crippen molar-refractivity contribution in [2.45, 2.75) is 310 Å². The Bertz CT molecular complexity index is 1080. The fourth-order valence-corrected chi connectivity index (χ4v) is 13.6. The Hall–Kier alpha value is 0.0200. The van der Waals surface area contributed by atoms with Crippen LogP contribution in [-0.2, 0) is 0 Å². The minimum atomic E-state index is 0.590. The topological polar surface area (TPSA) is 13.0 Å². The molecule has 0 spiro atoms. The zero-order chi connectivity index (χ0) is 52.8. The average molecular weight is 1060 g/mol. The summed E-state index contributed by atoms with van der Waals surface area (Å²) in [5.74, 6) is 5.87. The largest absolute Gasteiger partial charge is 0.303 e. The van der Waals surface area contributed by atoms with Gasteiger partial charge in [0.1, 0.15) is 0 Å².